The van der Waals surface area contributed by atoms with Crippen molar-refractivity contribution < 1.29 is 19.0 Å². The van der Waals surface area contributed by atoms with Crippen molar-refractivity contribution in [3.8, 4) is 28.6 Å². The number of nitrogens with zero attached hydrogens (tertiary/aromatic N) is 4. The molecule has 2 aromatic carbocycles. The molecule has 168 valence electrons. The largest absolute Gasteiger partial charge is 0.496 e. The summed E-state index contributed by atoms with van der Waals surface area (Å²) in [6.45, 7) is 0.383. The molecular formula is C24H23N5O4. The van der Waals surface area contributed by atoms with Gasteiger partial charge in [0.1, 0.15) is 5.75 Å². The Bertz CT molecular complexity index is 1260. The van der Waals surface area contributed by atoms with Crippen LogP contribution in [0.2, 0.25) is 0 Å². The fourth-order valence-corrected chi connectivity index (χ4v) is 3.30. The van der Waals surface area contributed by atoms with E-state index in [0.717, 1.165) is 11.3 Å². The monoisotopic (exact) mass is 445 g/mol. The van der Waals surface area contributed by atoms with Crippen LogP contribution in [-0.4, -0.2) is 47.0 Å². The minimum absolute atomic E-state index is 0.291. The molecule has 0 radical (unpaired) electrons. The maximum atomic E-state index is 13.4. The molecule has 0 unspecified atom stereocenters. The molecule has 0 spiro atoms. The molecule has 4 aromatic rings. The molecule has 4 rings (SSSR count). The Hall–Kier alpha value is -4.40. The maximum Gasteiger partial charge on any atom is 0.281 e. The third-order valence-corrected chi connectivity index (χ3v) is 4.98. The Morgan fingerprint density at radius 1 is 0.939 bits per heavy atom. The highest BCUT2D eigenvalue weighted by atomic mass is 16.5. The highest BCUT2D eigenvalue weighted by Gasteiger charge is 2.20. The average Bonchev–Trinajstić information content (AvgIpc) is 3.31. The zero-order valence-electron chi connectivity index (χ0n) is 18.5. The number of ether oxygens (including phenoxy) is 3. The number of rotatable bonds is 8. The highest BCUT2D eigenvalue weighted by Crippen LogP contribution is 2.28. The maximum absolute atomic E-state index is 13.4. The molecule has 0 aliphatic rings. The van der Waals surface area contributed by atoms with E-state index in [2.05, 4.69) is 20.4 Å². The summed E-state index contributed by atoms with van der Waals surface area (Å²) in [5.74, 6) is 1.99. The van der Waals surface area contributed by atoms with Gasteiger partial charge in [0, 0.05) is 35.6 Å². The number of methoxy groups -OCH3 is 3. The molecule has 0 amide bonds. The van der Waals surface area contributed by atoms with Crippen LogP contribution in [0.5, 0.6) is 17.2 Å². The van der Waals surface area contributed by atoms with Crippen molar-refractivity contribution in [2.24, 2.45) is 0 Å². The number of nitrogens with one attached hydrogen (secondary N) is 1. The first-order chi connectivity index (χ1) is 16.1. The van der Waals surface area contributed by atoms with E-state index in [1.165, 1.54) is 18.9 Å². The van der Waals surface area contributed by atoms with Gasteiger partial charge in [-0.3, -0.25) is 9.78 Å². The number of hydrogen-bond acceptors (Lipinski definition) is 8. The molecule has 0 atom stereocenters. The highest BCUT2D eigenvalue weighted by molar-refractivity contribution is 5.97. The van der Waals surface area contributed by atoms with Crippen molar-refractivity contribution in [3.05, 3.63) is 78.1 Å². The van der Waals surface area contributed by atoms with E-state index in [0.29, 0.717) is 40.9 Å². The van der Waals surface area contributed by atoms with Crippen LogP contribution in [0.15, 0.2) is 67.0 Å². The average molecular weight is 445 g/mol. The molecule has 2 heterocycles. The van der Waals surface area contributed by atoms with Crippen LogP contribution >= 0.6 is 0 Å². The van der Waals surface area contributed by atoms with Gasteiger partial charge in [-0.05, 0) is 36.4 Å². The van der Waals surface area contributed by atoms with Crippen molar-refractivity contribution in [3.63, 3.8) is 0 Å². The Morgan fingerprint density at radius 2 is 1.73 bits per heavy atom. The number of anilines is 1. The second-order valence-corrected chi connectivity index (χ2v) is 6.95. The molecule has 9 heteroatoms. The first-order valence-electron chi connectivity index (χ1n) is 10.1. The van der Waals surface area contributed by atoms with E-state index in [1.54, 1.807) is 43.8 Å². The van der Waals surface area contributed by atoms with Gasteiger partial charge in [0.25, 0.3) is 5.91 Å². The van der Waals surface area contributed by atoms with Crippen molar-refractivity contribution in [1.82, 2.24) is 19.7 Å². The van der Waals surface area contributed by atoms with Crippen LogP contribution in [0, 0.1) is 0 Å². The van der Waals surface area contributed by atoms with Gasteiger partial charge < -0.3 is 19.5 Å². The topological polar surface area (TPSA) is 100 Å². The summed E-state index contributed by atoms with van der Waals surface area (Å²) in [5, 5.41) is 7.67. The first-order valence-corrected chi connectivity index (χ1v) is 10.1. The summed E-state index contributed by atoms with van der Waals surface area (Å²) in [4.78, 5) is 22.1. The van der Waals surface area contributed by atoms with Crippen LogP contribution in [0.3, 0.4) is 0 Å². The fourth-order valence-electron chi connectivity index (χ4n) is 3.30. The molecule has 0 fully saturated rings. The minimum Gasteiger partial charge on any atom is -0.496 e. The second-order valence-electron chi connectivity index (χ2n) is 6.95. The van der Waals surface area contributed by atoms with Gasteiger partial charge in [0.15, 0.2) is 17.3 Å². The van der Waals surface area contributed by atoms with Crippen LogP contribution in [0.4, 0.5) is 5.95 Å². The van der Waals surface area contributed by atoms with E-state index in [9.17, 15) is 4.79 Å². The predicted octanol–water partition coefficient (Wildman–Crippen LogP) is 3.67. The Kier molecular flexibility index (Phi) is 6.49. The first kappa shape index (κ1) is 21.8. The van der Waals surface area contributed by atoms with Crippen molar-refractivity contribution in [2.75, 3.05) is 26.6 Å². The normalized spacial score (nSPS) is 10.5. The molecular weight excluding hydrogens is 422 g/mol. The molecule has 0 saturated carbocycles. The van der Waals surface area contributed by atoms with Gasteiger partial charge in [0.2, 0.25) is 5.95 Å². The summed E-state index contributed by atoms with van der Waals surface area (Å²) in [6.07, 6.45) is 3.31. The van der Waals surface area contributed by atoms with Gasteiger partial charge >= 0.3 is 0 Å². The molecule has 0 bridgehead atoms. The van der Waals surface area contributed by atoms with Crippen molar-refractivity contribution >= 4 is 11.9 Å². The molecule has 9 nitrogen and oxygen atoms in total. The molecule has 0 saturated heterocycles. The van der Waals surface area contributed by atoms with E-state index < -0.39 is 0 Å². The quantitative estimate of drug-likeness (QED) is 0.439. The standard InChI is InChI=1S/C24H23N5O4/c1-31-19-9-5-4-7-17(19)15-26-24-27-22(18-8-6-12-25-14-18)28-29(24)23(30)16-10-11-20(32-2)21(13-16)33-3/h4-14H,15H2,1-3H3,(H,26,27,28). The predicted molar refractivity (Wildman–Crippen MR) is 123 cm³/mol. The van der Waals surface area contributed by atoms with Crippen LogP contribution in [-0.2, 0) is 6.54 Å². The van der Waals surface area contributed by atoms with Crippen LogP contribution < -0.4 is 19.5 Å². The number of para-hydroxylation sites is 1. The van der Waals surface area contributed by atoms with Crippen LogP contribution in [0.25, 0.3) is 11.4 Å². The van der Waals surface area contributed by atoms with Gasteiger partial charge in [-0.15, -0.1) is 5.10 Å². The van der Waals surface area contributed by atoms with E-state index in [4.69, 9.17) is 14.2 Å². The smallest absolute Gasteiger partial charge is 0.281 e. The summed E-state index contributed by atoms with van der Waals surface area (Å²) < 4.78 is 17.3. The number of benzene rings is 2. The Labute approximate surface area is 191 Å². The summed E-state index contributed by atoms with van der Waals surface area (Å²) in [6, 6.07) is 16.2. The summed E-state index contributed by atoms with van der Waals surface area (Å²) >= 11 is 0. The molecule has 1 N–H and O–H groups in total. The van der Waals surface area contributed by atoms with E-state index >= 15 is 0 Å². The van der Waals surface area contributed by atoms with Crippen molar-refractivity contribution in [2.45, 2.75) is 6.54 Å². The fraction of sp³-hybridized carbons (Fsp3) is 0.167. The van der Waals surface area contributed by atoms with Gasteiger partial charge in [-0.2, -0.15) is 9.67 Å². The number of carbonyl (C=O) groups is 1. The molecule has 33 heavy (non-hydrogen) atoms. The lowest BCUT2D eigenvalue weighted by atomic mass is 10.2. The second kappa shape index (κ2) is 9.82. The van der Waals surface area contributed by atoms with E-state index in [1.807, 2.05) is 30.3 Å². The lowest BCUT2D eigenvalue weighted by Gasteiger charge is -2.11. The minimum atomic E-state index is -0.374. The van der Waals surface area contributed by atoms with Crippen molar-refractivity contribution in [1.29, 1.82) is 0 Å². The Morgan fingerprint density at radius 3 is 2.45 bits per heavy atom. The molecule has 2 aromatic heterocycles. The Balaban J connectivity index is 1.71. The SMILES string of the molecule is COc1ccccc1CNc1nc(-c2cccnc2)nn1C(=O)c1ccc(OC)c(OC)c1. The summed E-state index contributed by atoms with van der Waals surface area (Å²) in [7, 11) is 4.67. The summed E-state index contributed by atoms with van der Waals surface area (Å²) in [5.41, 5.74) is 1.98. The lowest BCUT2D eigenvalue weighted by molar-refractivity contribution is 0.0947. The lowest BCUT2D eigenvalue weighted by Crippen LogP contribution is -2.18. The number of pyridine rings is 1. The van der Waals surface area contributed by atoms with Gasteiger partial charge in [-0.1, -0.05) is 18.2 Å². The number of aromatic nitrogens is 4. The molecule has 0 aliphatic heterocycles. The van der Waals surface area contributed by atoms with Gasteiger partial charge in [0.05, 0.1) is 21.3 Å². The zero-order valence-corrected chi connectivity index (χ0v) is 18.5. The third-order valence-electron chi connectivity index (χ3n) is 4.98. The number of carbonyl (C=O) groups excluding carboxylic acids is 1. The van der Waals surface area contributed by atoms with Crippen LogP contribution in [0.1, 0.15) is 15.9 Å². The third kappa shape index (κ3) is 4.62. The molecule has 0 aliphatic carbocycles. The number of hydrogen-bond donors (Lipinski definition) is 1. The zero-order chi connectivity index (χ0) is 23.2. The van der Waals surface area contributed by atoms with Gasteiger partial charge in [-0.25, -0.2) is 0 Å². The van der Waals surface area contributed by atoms with E-state index in [-0.39, 0.29) is 5.91 Å².